The highest BCUT2D eigenvalue weighted by Gasteiger charge is 2.57. The number of carbonyl (C=O) groups excluding carboxylic acids is 1. The number of aromatic amines is 1. The van der Waals surface area contributed by atoms with E-state index in [0.29, 0.717) is 12.2 Å². The van der Waals surface area contributed by atoms with Gasteiger partial charge in [-0.25, -0.2) is 9.97 Å². The lowest BCUT2D eigenvalue weighted by atomic mass is 9.97. The highest BCUT2D eigenvalue weighted by Crippen LogP contribution is 2.40. The SMILES string of the molecule is CCc1ncc(C(=O)NCCC(O)(c2nccn2C)C(F)(F)F)[nH]1. The molecule has 3 N–H and O–H groups in total. The summed E-state index contributed by atoms with van der Waals surface area (Å²) in [4.78, 5) is 22.2. The summed E-state index contributed by atoms with van der Waals surface area (Å²) >= 11 is 0. The molecule has 0 fully saturated rings. The van der Waals surface area contributed by atoms with Crippen LogP contribution in [0.15, 0.2) is 18.6 Å². The predicted octanol–water partition coefficient (Wildman–Crippen LogP) is 1.28. The van der Waals surface area contributed by atoms with Gasteiger partial charge in [0.1, 0.15) is 17.3 Å². The number of aryl methyl sites for hydroxylation is 2. The second kappa shape index (κ2) is 6.63. The lowest BCUT2D eigenvalue weighted by molar-refractivity contribution is -0.272. The number of aliphatic hydroxyl groups is 1. The Hall–Kier alpha value is -2.36. The Kier molecular flexibility index (Phi) is 4.97. The van der Waals surface area contributed by atoms with Gasteiger partial charge in [0.25, 0.3) is 5.91 Å². The summed E-state index contributed by atoms with van der Waals surface area (Å²) in [6.45, 7) is 1.46. The van der Waals surface area contributed by atoms with Crippen LogP contribution in [-0.2, 0) is 19.1 Å². The average Bonchev–Trinajstić information content (AvgIpc) is 3.14. The Bertz CT molecular complexity index is 709. The Morgan fingerprint density at radius 3 is 2.62 bits per heavy atom. The fraction of sp³-hybridized carbons (Fsp3) is 0.500. The molecule has 0 radical (unpaired) electrons. The van der Waals surface area contributed by atoms with Crippen molar-refractivity contribution in [2.75, 3.05) is 6.54 Å². The van der Waals surface area contributed by atoms with Crippen molar-refractivity contribution >= 4 is 5.91 Å². The zero-order valence-corrected chi connectivity index (χ0v) is 13.2. The van der Waals surface area contributed by atoms with Crippen molar-refractivity contribution in [3.63, 3.8) is 0 Å². The number of imidazole rings is 2. The maximum atomic E-state index is 13.3. The Morgan fingerprint density at radius 2 is 2.12 bits per heavy atom. The maximum absolute atomic E-state index is 13.3. The average molecular weight is 345 g/mol. The highest BCUT2D eigenvalue weighted by atomic mass is 19.4. The number of aromatic nitrogens is 4. The molecule has 10 heteroatoms. The predicted molar refractivity (Wildman–Crippen MR) is 78.1 cm³/mol. The summed E-state index contributed by atoms with van der Waals surface area (Å²) < 4.78 is 41.0. The van der Waals surface area contributed by atoms with Gasteiger partial charge in [-0.1, -0.05) is 6.92 Å². The van der Waals surface area contributed by atoms with E-state index >= 15 is 0 Å². The van der Waals surface area contributed by atoms with E-state index in [-0.39, 0.29) is 12.2 Å². The van der Waals surface area contributed by atoms with Crippen LogP contribution in [0.5, 0.6) is 0 Å². The number of carbonyl (C=O) groups is 1. The van der Waals surface area contributed by atoms with Crippen molar-refractivity contribution in [3.8, 4) is 0 Å². The molecule has 2 aromatic heterocycles. The molecule has 2 heterocycles. The molecule has 0 aliphatic heterocycles. The van der Waals surface area contributed by atoms with Gasteiger partial charge in [0.2, 0.25) is 5.60 Å². The number of nitrogens with one attached hydrogen (secondary N) is 2. The Balaban J connectivity index is 2.07. The summed E-state index contributed by atoms with van der Waals surface area (Å²) in [6.07, 6.45) is -1.31. The van der Waals surface area contributed by atoms with Gasteiger partial charge in [0.15, 0.2) is 0 Å². The third-order valence-electron chi connectivity index (χ3n) is 3.64. The number of amides is 1. The largest absolute Gasteiger partial charge is 0.424 e. The summed E-state index contributed by atoms with van der Waals surface area (Å²) in [5.41, 5.74) is -3.00. The van der Waals surface area contributed by atoms with E-state index in [2.05, 4.69) is 20.3 Å². The van der Waals surface area contributed by atoms with Crippen LogP contribution < -0.4 is 5.32 Å². The number of rotatable bonds is 6. The van der Waals surface area contributed by atoms with Gasteiger partial charge in [-0.3, -0.25) is 4.79 Å². The van der Waals surface area contributed by atoms with Crippen molar-refractivity contribution in [1.29, 1.82) is 0 Å². The van der Waals surface area contributed by atoms with E-state index in [0.717, 1.165) is 4.57 Å². The van der Waals surface area contributed by atoms with E-state index in [4.69, 9.17) is 0 Å². The third kappa shape index (κ3) is 3.42. The van der Waals surface area contributed by atoms with Crippen LogP contribution in [0, 0.1) is 0 Å². The first-order valence-corrected chi connectivity index (χ1v) is 7.28. The van der Waals surface area contributed by atoms with E-state index in [1.165, 1.54) is 25.6 Å². The zero-order valence-electron chi connectivity index (χ0n) is 13.2. The molecule has 0 saturated carbocycles. The van der Waals surface area contributed by atoms with Gasteiger partial charge in [-0.2, -0.15) is 13.2 Å². The molecular formula is C14H18F3N5O2. The highest BCUT2D eigenvalue weighted by molar-refractivity contribution is 5.92. The monoisotopic (exact) mass is 345 g/mol. The van der Waals surface area contributed by atoms with Gasteiger partial charge < -0.3 is 20.0 Å². The number of halogens is 3. The molecule has 0 saturated heterocycles. The topological polar surface area (TPSA) is 95.8 Å². The van der Waals surface area contributed by atoms with Crippen molar-refractivity contribution in [2.24, 2.45) is 7.05 Å². The first-order chi connectivity index (χ1) is 11.2. The van der Waals surface area contributed by atoms with Crippen molar-refractivity contribution < 1.29 is 23.1 Å². The van der Waals surface area contributed by atoms with Crippen molar-refractivity contribution in [3.05, 3.63) is 35.9 Å². The standard InChI is InChI=1S/C14H18F3N5O2/c1-3-10-20-8-9(21-10)11(23)18-5-4-13(24,14(15,16)17)12-19-6-7-22(12)2/h6-8,24H,3-5H2,1-2H3,(H,18,23)(H,20,21). The molecule has 24 heavy (non-hydrogen) atoms. The summed E-state index contributed by atoms with van der Waals surface area (Å²) in [7, 11) is 1.36. The quantitative estimate of drug-likeness (QED) is 0.735. The minimum atomic E-state index is -4.93. The van der Waals surface area contributed by atoms with Gasteiger partial charge in [-0.05, 0) is 0 Å². The minimum Gasteiger partial charge on any atom is -0.374 e. The third-order valence-corrected chi connectivity index (χ3v) is 3.64. The maximum Gasteiger partial charge on any atom is 0.424 e. The molecule has 132 valence electrons. The lowest BCUT2D eigenvalue weighted by Crippen LogP contribution is -2.46. The summed E-state index contributed by atoms with van der Waals surface area (Å²) in [6, 6.07) is 0. The first kappa shape index (κ1) is 18.0. The fourth-order valence-electron chi connectivity index (χ4n) is 2.25. The molecule has 1 unspecified atom stereocenters. The van der Waals surface area contributed by atoms with E-state index < -0.39 is 29.9 Å². The zero-order chi connectivity index (χ0) is 18.0. The number of hydrogen-bond donors (Lipinski definition) is 3. The molecule has 7 nitrogen and oxygen atoms in total. The molecule has 2 rings (SSSR count). The Morgan fingerprint density at radius 1 is 1.42 bits per heavy atom. The smallest absolute Gasteiger partial charge is 0.374 e. The molecular weight excluding hydrogens is 327 g/mol. The van der Waals surface area contributed by atoms with E-state index in [1.807, 2.05) is 6.92 Å². The summed E-state index contributed by atoms with van der Waals surface area (Å²) in [5, 5.41) is 12.5. The molecule has 1 amide bonds. The van der Waals surface area contributed by atoms with Crippen LogP contribution in [0.25, 0.3) is 0 Å². The second-order valence-corrected chi connectivity index (χ2v) is 5.32. The Labute approximate surface area is 135 Å². The second-order valence-electron chi connectivity index (χ2n) is 5.32. The van der Waals surface area contributed by atoms with Crippen LogP contribution >= 0.6 is 0 Å². The number of hydrogen-bond acceptors (Lipinski definition) is 4. The lowest BCUT2D eigenvalue weighted by Gasteiger charge is -2.29. The fourth-order valence-corrected chi connectivity index (χ4v) is 2.25. The minimum absolute atomic E-state index is 0.152. The van der Waals surface area contributed by atoms with Crippen molar-refractivity contribution in [1.82, 2.24) is 24.8 Å². The molecule has 2 aromatic rings. The molecule has 0 aliphatic rings. The molecule has 0 bridgehead atoms. The van der Waals surface area contributed by atoms with Crippen molar-refractivity contribution in [2.45, 2.75) is 31.5 Å². The van der Waals surface area contributed by atoms with Gasteiger partial charge in [0, 0.05) is 38.8 Å². The first-order valence-electron chi connectivity index (χ1n) is 7.28. The molecule has 0 aliphatic carbocycles. The molecule has 0 aromatic carbocycles. The number of nitrogens with zero attached hydrogens (tertiary/aromatic N) is 3. The van der Waals surface area contributed by atoms with Crippen LogP contribution in [0.2, 0.25) is 0 Å². The van der Waals surface area contributed by atoms with Crippen LogP contribution in [0.4, 0.5) is 13.2 Å². The van der Waals surface area contributed by atoms with E-state index in [9.17, 15) is 23.1 Å². The van der Waals surface area contributed by atoms with Gasteiger partial charge in [-0.15, -0.1) is 0 Å². The van der Waals surface area contributed by atoms with Crippen LogP contribution in [0.3, 0.4) is 0 Å². The number of alkyl halides is 3. The van der Waals surface area contributed by atoms with Crippen LogP contribution in [-0.4, -0.2) is 43.3 Å². The van der Waals surface area contributed by atoms with Crippen LogP contribution in [0.1, 0.15) is 35.5 Å². The van der Waals surface area contributed by atoms with Gasteiger partial charge >= 0.3 is 6.18 Å². The normalized spacial score (nSPS) is 14.4. The molecule has 1 atom stereocenters. The molecule has 0 spiro atoms. The van der Waals surface area contributed by atoms with E-state index in [1.54, 1.807) is 0 Å². The number of H-pyrrole nitrogens is 1. The van der Waals surface area contributed by atoms with Gasteiger partial charge in [0.05, 0.1) is 6.20 Å². The summed E-state index contributed by atoms with van der Waals surface area (Å²) in [5.74, 6) is -0.523.